The zero-order chi connectivity index (χ0) is 16.7. The lowest BCUT2D eigenvalue weighted by Crippen LogP contribution is -2.46. The number of benzene rings is 1. The summed E-state index contributed by atoms with van der Waals surface area (Å²) >= 11 is 0. The molecule has 4 heteroatoms. The first-order valence-electron chi connectivity index (χ1n) is 9.00. The fourth-order valence-electron chi connectivity index (χ4n) is 3.06. The maximum absolute atomic E-state index is 10.6. The molecule has 0 spiro atoms. The van der Waals surface area contributed by atoms with Gasteiger partial charge in [-0.15, -0.1) is 0 Å². The monoisotopic (exact) mass is 320 g/mol. The average molecular weight is 320 g/mol. The van der Waals surface area contributed by atoms with E-state index in [0.29, 0.717) is 6.61 Å². The molecule has 0 aromatic heterocycles. The molecule has 1 fully saturated rings. The third-order valence-electron chi connectivity index (χ3n) is 4.62. The topological polar surface area (TPSA) is 35.9 Å². The quantitative estimate of drug-likeness (QED) is 0.799. The molecule has 0 radical (unpaired) electrons. The molecule has 1 atom stereocenters. The van der Waals surface area contributed by atoms with Crippen LogP contribution in [0.15, 0.2) is 18.2 Å². The molecule has 1 saturated heterocycles. The number of rotatable bonds is 8. The Balaban J connectivity index is 1.89. The fourth-order valence-corrected chi connectivity index (χ4v) is 3.06. The molecule has 1 aromatic rings. The van der Waals surface area contributed by atoms with Crippen LogP contribution in [0.5, 0.6) is 5.75 Å². The van der Waals surface area contributed by atoms with Gasteiger partial charge in [0.2, 0.25) is 0 Å². The summed E-state index contributed by atoms with van der Waals surface area (Å²) in [6, 6.07) is 6.10. The highest BCUT2D eigenvalue weighted by Crippen LogP contribution is 2.29. The number of aliphatic hydroxyl groups is 1. The number of nitrogens with zero attached hydrogens (tertiary/aromatic N) is 2. The molecule has 0 aliphatic carbocycles. The van der Waals surface area contributed by atoms with Crippen LogP contribution >= 0.6 is 0 Å². The van der Waals surface area contributed by atoms with Gasteiger partial charge in [0.05, 0.1) is 12.7 Å². The van der Waals surface area contributed by atoms with E-state index in [0.717, 1.165) is 63.4 Å². The van der Waals surface area contributed by atoms with Gasteiger partial charge in [0.25, 0.3) is 0 Å². The Morgan fingerprint density at radius 3 is 2.48 bits per heavy atom. The molecule has 23 heavy (non-hydrogen) atoms. The highest BCUT2D eigenvalue weighted by Gasteiger charge is 2.19. The number of ether oxygens (including phenoxy) is 1. The summed E-state index contributed by atoms with van der Waals surface area (Å²) in [5.41, 5.74) is 2.10. The van der Waals surface area contributed by atoms with Gasteiger partial charge >= 0.3 is 0 Å². The second-order valence-corrected chi connectivity index (χ2v) is 6.47. The van der Waals surface area contributed by atoms with Crippen molar-refractivity contribution in [1.82, 2.24) is 9.80 Å². The highest BCUT2D eigenvalue weighted by molar-refractivity contribution is 5.38. The molecule has 1 heterocycles. The Kier molecular flexibility index (Phi) is 7.34. The summed E-state index contributed by atoms with van der Waals surface area (Å²) in [6.07, 6.45) is 1.29. The van der Waals surface area contributed by atoms with E-state index in [1.807, 2.05) is 12.1 Å². The van der Waals surface area contributed by atoms with Crippen LogP contribution in [-0.4, -0.2) is 60.8 Å². The van der Waals surface area contributed by atoms with E-state index in [1.165, 1.54) is 5.56 Å². The van der Waals surface area contributed by atoms with E-state index >= 15 is 0 Å². The van der Waals surface area contributed by atoms with E-state index in [4.69, 9.17) is 4.74 Å². The maximum Gasteiger partial charge on any atom is 0.125 e. The van der Waals surface area contributed by atoms with Gasteiger partial charge in [-0.1, -0.05) is 25.5 Å². The zero-order valence-corrected chi connectivity index (χ0v) is 14.9. The lowest BCUT2D eigenvalue weighted by molar-refractivity contribution is 0.103. The predicted octanol–water partition coefficient (Wildman–Crippen LogP) is 2.84. The van der Waals surface area contributed by atoms with Crippen molar-refractivity contribution in [2.45, 2.75) is 39.7 Å². The van der Waals surface area contributed by atoms with E-state index < -0.39 is 6.10 Å². The van der Waals surface area contributed by atoms with Crippen molar-refractivity contribution in [2.24, 2.45) is 0 Å². The molecule has 1 aliphatic heterocycles. The molecular formula is C19H32N2O2. The van der Waals surface area contributed by atoms with Crippen molar-refractivity contribution in [3.63, 3.8) is 0 Å². The van der Waals surface area contributed by atoms with Gasteiger partial charge in [-0.3, -0.25) is 0 Å². The molecular weight excluding hydrogens is 288 g/mol. The number of piperazine rings is 1. The fraction of sp³-hybridized carbons (Fsp3) is 0.684. The van der Waals surface area contributed by atoms with E-state index in [2.05, 4.69) is 36.6 Å². The SMILES string of the molecule is CCCOc1ccc(C)cc1C(O)CCN1CCN(CC)CC1. The minimum absolute atomic E-state index is 0.453. The van der Waals surface area contributed by atoms with Crippen LogP contribution in [0.1, 0.15) is 43.9 Å². The summed E-state index contributed by atoms with van der Waals surface area (Å²) in [5.74, 6) is 0.834. The van der Waals surface area contributed by atoms with E-state index in [9.17, 15) is 5.11 Å². The summed E-state index contributed by atoms with van der Waals surface area (Å²) in [6.45, 7) is 13.6. The Morgan fingerprint density at radius 1 is 1.13 bits per heavy atom. The minimum atomic E-state index is -0.453. The van der Waals surface area contributed by atoms with Crippen molar-refractivity contribution in [2.75, 3.05) is 45.9 Å². The third kappa shape index (κ3) is 5.48. The molecule has 1 unspecified atom stereocenters. The number of hydrogen-bond donors (Lipinski definition) is 1. The van der Waals surface area contributed by atoms with Crippen LogP contribution in [0.3, 0.4) is 0 Å². The minimum Gasteiger partial charge on any atom is -0.493 e. The summed E-state index contributed by atoms with van der Waals surface area (Å²) < 4.78 is 5.80. The summed E-state index contributed by atoms with van der Waals surface area (Å²) in [7, 11) is 0. The number of aryl methyl sites for hydroxylation is 1. The number of hydrogen-bond acceptors (Lipinski definition) is 4. The standard InChI is InChI=1S/C19H32N2O2/c1-4-14-23-19-7-6-16(3)15-17(19)18(22)8-9-21-12-10-20(5-2)11-13-21/h6-7,15,18,22H,4-5,8-14H2,1-3H3. The molecule has 130 valence electrons. The van der Waals surface area contributed by atoms with Crippen molar-refractivity contribution < 1.29 is 9.84 Å². The van der Waals surface area contributed by atoms with Crippen molar-refractivity contribution in [3.05, 3.63) is 29.3 Å². The number of aliphatic hydroxyl groups excluding tert-OH is 1. The van der Waals surface area contributed by atoms with Crippen LogP contribution in [0.4, 0.5) is 0 Å². The molecule has 1 aliphatic rings. The van der Waals surface area contributed by atoms with Crippen LogP contribution in [0.25, 0.3) is 0 Å². The lowest BCUT2D eigenvalue weighted by Gasteiger charge is -2.34. The zero-order valence-electron chi connectivity index (χ0n) is 14.9. The Hall–Kier alpha value is -1.10. The Morgan fingerprint density at radius 2 is 1.83 bits per heavy atom. The van der Waals surface area contributed by atoms with Crippen LogP contribution < -0.4 is 4.74 Å². The van der Waals surface area contributed by atoms with E-state index in [1.54, 1.807) is 0 Å². The first-order valence-corrected chi connectivity index (χ1v) is 9.00. The van der Waals surface area contributed by atoms with Gasteiger partial charge in [0, 0.05) is 38.3 Å². The third-order valence-corrected chi connectivity index (χ3v) is 4.62. The molecule has 0 bridgehead atoms. The molecule has 1 aromatic carbocycles. The molecule has 2 rings (SSSR count). The van der Waals surface area contributed by atoms with Gasteiger partial charge in [0.15, 0.2) is 0 Å². The number of likely N-dealkylation sites (N-methyl/N-ethyl adjacent to an activating group) is 1. The Bertz CT molecular complexity index is 470. The lowest BCUT2D eigenvalue weighted by atomic mass is 10.0. The normalized spacial score (nSPS) is 18.1. The summed E-state index contributed by atoms with van der Waals surface area (Å²) in [5, 5.41) is 10.6. The van der Waals surface area contributed by atoms with Gasteiger partial charge < -0.3 is 19.6 Å². The molecule has 1 N–H and O–H groups in total. The first kappa shape index (κ1) is 18.2. The maximum atomic E-state index is 10.6. The van der Waals surface area contributed by atoms with Crippen molar-refractivity contribution >= 4 is 0 Å². The molecule has 0 saturated carbocycles. The van der Waals surface area contributed by atoms with Gasteiger partial charge in [0.1, 0.15) is 5.75 Å². The van der Waals surface area contributed by atoms with Crippen molar-refractivity contribution in [1.29, 1.82) is 0 Å². The van der Waals surface area contributed by atoms with Crippen LogP contribution in [-0.2, 0) is 0 Å². The smallest absolute Gasteiger partial charge is 0.125 e. The highest BCUT2D eigenvalue weighted by atomic mass is 16.5. The average Bonchev–Trinajstić information content (AvgIpc) is 2.59. The van der Waals surface area contributed by atoms with Crippen LogP contribution in [0.2, 0.25) is 0 Å². The second-order valence-electron chi connectivity index (χ2n) is 6.47. The van der Waals surface area contributed by atoms with E-state index in [-0.39, 0.29) is 0 Å². The summed E-state index contributed by atoms with van der Waals surface area (Å²) in [4.78, 5) is 4.93. The first-order chi connectivity index (χ1) is 11.1. The largest absolute Gasteiger partial charge is 0.493 e. The van der Waals surface area contributed by atoms with Gasteiger partial charge in [-0.25, -0.2) is 0 Å². The molecule has 4 nitrogen and oxygen atoms in total. The predicted molar refractivity (Wildman–Crippen MR) is 95.1 cm³/mol. The van der Waals surface area contributed by atoms with Gasteiger partial charge in [-0.05, 0) is 38.4 Å². The Labute approximate surface area is 141 Å². The van der Waals surface area contributed by atoms with Crippen LogP contribution in [0, 0.1) is 6.92 Å². The second kappa shape index (κ2) is 9.26. The molecule has 0 amide bonds. The van der Waals surface area contributed by atoms with Crippen molar-refractivity contribution in [3.8, 4) is 5.75 Å². The van der Waals surface area contributed by atoms with Gasteiger partial charge in [-0.2, -0.15) is 0 Å².